The van der Waals surface area contributed by atoms with E-state index in [-0.39, 0.29) is 36.2 Å². The number of amides is 2. The van der Waals surface area contributed by atoms with Crippen molar-refractivity contribution in [3.8, 4) is 0 Å². The third-order valence-corrected chi connectivity index (χ3v) is 6.73. The van der Waals surface area contributed by atoms with Crippen LogP contribution in [0, 0.1) is 5.82 Å². The van der Waals surface area contributed by atoms with Crippen molar-refractivity contribution in [1.82, 2.24) is 19.8 Å². The molecule has 0 saturated carbocycles. The van der Waals surface area contributed by atoms with Crippen LogP contribution in [0.15, 0.2) is 53.4 Å². The molecule has 2 amide bonds. The van der Waals surface area contributed by atoms with Gasteiger partial charge in [0, 0.05) is 51.3 Å². The van der Waals surface area contributed by atoms with Crippen LogP contribution in [0.5, 0.6) is 0 Å². The Balaban J connectivity index is 1.42. The zero-order chi connectivity index (χ0) is 23.1. The highest BCUT2D eigenvalue weighted by Gasteiger charge is 2.20. The van der Waals surface area contributed by atoms with E-state index in [1.54, 1.807) is 24.3 Å². The summed E-state index contributed by atoms with van der Waals surface area (Å²) in [7, 11) is -1.77. The number of rotatable bonds is 8. The Hall–Kier alpha value is -2.82. The number of likely N-dealkylation sites (N-methyl/N-ethyl adjacent to an activating group) is 1. The number of hydrogen-bond acceptors (Lipinski definition) is 5. The number of benzene rings is 2. The van der Waals surface area contributed by atoms with Gasteiger partial charge in [-0.2, -0.15) is 0 Å². The molecule has 1 fully saturated rings. The van der Waals surface area contributed by atoms with Crippen molar-refractivity contribution in [3.63, 3.8) is 0 Å². The molecule has 8 nitrogen and oxygen atoms in total. The molecule has 0 aliphatic carbocycles. The Labute approximate surface area is 187 Å². The minimum Gasteiger partial charge on any atom is -0.352 e. The number of nitrogens with one attached hydrogen (secondary N) is 2. The maximum atomic E-state index is 12.9. The summed E-state index contributed by atoms with van der Waals surface area (Å²) < 4.78 is 39.5. The van der Waals surface area contributed by atoms with Crippen LogP contribution in [0.2, 0.25) is 0 Å². The van der Waals surface area contributed by atoms with E-state index in [0.717, 1.165) is 42.9 Å². The molecule has 1 heterocycles. The van der Waals surface area contributed by atoms with Gasteiger partial charge in [0.1, 0.15) is 5.82 Å². The van der Waals surface area contributed by atoms with Gasteiger partial charge < -0.3 is 15.1 Å². The Kier molecular flexibility index (Phi) is 7.94. The second-order valence-corrected chi connectivity index (χ2v) is 9.44. The number of sulfonamides is 1. The summed E-state index contributed by atoms with van der Waals surface area (Å²) in [6, 6.07) is 11.5. The predicted molar refractivity (Wildman–Crippen MR) is 118 cm³/mol. The monoisotopic (exact) mass is 462 g/mol. The maximum absolute atomic E-state index is 12.9. The van der Waals surface area contributed by atoms with E-state index in [0.29, 0.717) is 18.7 Å². The standard InChI is InChI=1S/C22H27FN4O4S/c1-26-12-14-27(15-13-26)22(29)18-4-2-17(3-5-18)16-24-21(28)10-11-25-32(30,31)20-8-6-19(23)7-9-20/h2-9,25H,10-16H2,1H3,(H,24,28). The normalized spacial score (nSPS) is 14.9. The van der Waals surface area contributed by atoms with Gasteiger partial charge in [-0.15, -0.1) is 0 Å². The summed E-state index contributed by atoms with van der Waals surface area (Å²) in [6.45, 7) is 3.32. The Morgan fingerprint density at radius 3 is 2.22 bits per heavy atom. The van der Waals surface area contributed by atoms with Crippen LogP contribution >= 0.6 is 0 Å². The fraction of sp³-hybridized carbons (Fsp3) is 0.364. The highest BCUT2D eigenvalue weighted by Crippen LogP contribution is 2.11. The Morgan fingerprint density at radius 2 is 1.59 bits per heavy atom. The molecule has 1 aliphatic heterocycles. The summed E-state index contributed by atoms with van der Waals surface area (Å²) in [5.74, 6) is -0.841. The van der Waals surface area contributed by atoms with Gasteiger partial charge in [-0.25, -0.2) is 17.5 Å². The van der Waals surface area contributed by atoms with E-state index < -0.39 is 15.8 Å². The maximum Gasteiger partial charge on any atom is 0.253 e. The number of carbonyl (C=O) groups is 2. The van der Waals surface area contributed by atoms with Crippen molar-refractivity contribution >= 4 is 21.8 Å². The van der Waals surface area contributed by atoms with Crippen molar-refractivity contribution in [3.05, 3.63) is 65.5 Å². The summed E-state index contributed by atoms with van der Waals surface area (Å²) in [4.78, 5) is 28.6. The lowest BCUT2D eigenvalue weighted by Crippen LogP contribution is -2.47. The third kappa shape index (κ3) is 6.59. The minimum atomic E-state index is -3.80. The molecular weight excluding hydrogens is 435 g/mol. The molecule has 10 heteroatoms. The Morgan fingerprint density at radius 1 is 0.969 bits per heavy atom. The van der Waals surface area contributed by atoms with Crippen molar-refractivity contribution in [2.45, 2.75) is 17.9 Å². The van der Waals surface area contributed by atoms with Crippen LogP contribution in [0.4, 0.5) is 4.39 Å². The van der Waals surface area contributed by atoms with Crippen molar-refractivity contribution in [1.29, 1.82) is 0 Å². The van der Waals surface area contributed by atoms with Gasteiger partial charge >= 0.3 is 0 Å². The molecule has 0 unspecified atom stereocenters. The lowest BCUT2D eigenvalue weighted by atomic mass is 10.1. The van der Waals surface area contributed by atoms with Crippen molar-refractivity contribution in [2.75, 3.05) is 39.8 Å². The molecule has 0 bridgehead atoms. The quantitative estimate of drug-likeness (QED) is 0.614. The van der Waals surface area contributed by atoms with E-state index in [4.69, 9.17) is 0 Å². The molecule has 172 valence electrons. The van der Waals surface area contributed by atoms with Gasteiger partial charge in [-0.05, 0) is 49.0 Å². The van der Waals surface area contributed by atoms with Crippen LogP contribution in [0.1, 0.15) is 22.3 Å². The van der Waals surface area contributed by atoms with Crippen LogP contribution in [0.25, 0.3) is 0 Å². The second kappa shape index (κ2) is 10.7. The number of hydrogen-bond donors (Lipinski definition) is 2. The largest absolute Gasteiger partial charge is 0.352 e. The highest BCUT2D eigenvalue weighted by atomic mass is 32.2. The molecule has 2 N–H and O–H groups in total. The van der Waals surface area contributed by atoms with Gasteiger partial charge in [0.15, 0.2) is 0 Å². The zero-order valence-corrected chi connectivity index (χ0v) is 18.7. The first-order valence-electron chi connectivity index (χ1n) is 10.3. The summed E-state index contributed by atoms with van der Waals surface area (Å²) >= 11 is 0. The van der Waals surface area contributed by atoms with Crippen LogP contribution in [-0.2, 0) is 21.4 Å². The number of nitrogens with zero attached hydrogens (tertiary/aromatic N) is 2. The second-order valence-electron chi connectivity index (χ2n) is 7.67. The third-order valence-electron chi connectivity index (χ3n) is 5.25. The molecule has 3 rings (SSSR count). The van der Waals surface area contributed by atoms with E-state index in [1.165, 1.54) is 0 Å². The first-order chi connectivity index (χ1) is 15.2. The number of carbonyl (C=O) groups excluding carboxylic acids is 2. The van der Waals surface area contributed by atoms with E-state index in [9.17, 15) is 22.4 Å². The average Bonchev–Trinajstić information content (AvgIpc) is 2.78. The molecular formula is C22H27FN4O4S. The fourth-order valence-corrected chi connectivity index (χ4v) is 4.27. The lowest BCUT2D eigenvalue weighted by molar-refractivity contribution is -0.121. The molecule has 0 aromatic heterocycles. The first-order valence-corrected chi connectivity index (χ1v) is 11.8. The van der Waals surface area contributed by atoms with Gasteiger partial charge in [-0.1, -0.05) is 12.1 Å². The van der Waals surface area contributed by atoms with Crippen molar-refractivity contribution in [2.24, 2.45) is 0 Å². The first kappa shape index (κ1) is 23.8. The Bertz CT molecular complexity index is 1030. The van der Waals surface area contributed by atoms with E-state index in [2.05, 4.69) is 14.9 Å². The van der Waals surface area contributed by atoms with Gasteiger partial charge in [-0.3, -0.25) is 9.59 Å². The predicted octanol–water partition coefficient (Wildman–Crippen LogP) is 1.20. The number of halogens is 1. The minimum absolute atomic E-state index is 0.00197. The SMILES string of the molecule is CN1CCN(C(=O)c2ccc(CNC(=O)CCNS(=O)(=O)c3ccc(F)cc3)cc2)CC1. The molecule has 1 aliphatic rings. The van der Waals surface area contributed by atoms with Crippen LogP contribution in [0.3, 0.4) is 0 Å². The highest BCUT2D eigenvalue weighted by molar-refractivity contribution is 7.89. The van der Waals surface area contributed by atoms with E-state index >= 15 is 0 Å². The molecule has 1 saturated heterocycles. The van der Waals surface area contributed by atoms with Gasteiger partial charge in [0.05, 0.1) is 4.90 Å². The molecule has 0 radical (unpaired) electrons. The zero-order valence-electron chi connectivity index (χ0n) is 17.9. The molecule has 2 aromatic rings. The van der Waals surface area contributed by atoms with E-state index in [1.807, 2.05) is 11.9 Å². The van der Waals surface area contributed by atoms with Crippen molar-refractivity contribution < 1.29 is 22.4 Å². The lowest BCUT2D eigenvalue weighted by Gasteiger charge is -2.32. The summed E-state index contributed by atoms with van der Waals surface area (Å²) in [6.07, 6.45) is -0.0413. The van der Waals surface area contributed by atoms with Crippen LogP contribution < -0.4 is 10.0 Å². The summed E-state index contributed by atoms with van der Waals surface area (Å²) in [5.41, 5.74) is 1.44. The van der Waals surface area contributed by atoms with Crippen LogP contribution in [-0.4, -0.2) is 69.8 Å². The number of piperazine rings is 1. The fourth-order valence-electron chi connectivity index (χ4n) is 3.24. The molecule has 32 heavy (non-hydrogen) atoms. The smallest absolute Gasteiger partial charge is 0.253 e. The molecule has 0 spiro atoms. The summed E-state index contributed by atoms with van der Waals surface area (Å²) in [5, 5.41) is 2.73. The average molecular weight is 463 g/mol. The molecule has 0 atom stereocenters. The van der Waals surface area contributed by atoms with Gasteiger partial charge in [0.25, 0.3) is 5.91 Å². The topological polar surface area (TPSA) is 98.8 Å². The molecule has 2 aromatic carbocycles. The van der Waals surface area contributed by atoms with Gasteiger partial charge in [0.2, 0.25) is 15.9 Å².